The maximum Gasteiger partial charge on any atom is 0.106 e. The van der Waals surface area contributed by atoms with Gasteiger partial charge in [-0.15, -0.1) is 0 Å². The van der Waals surface area contributed by atoms with Gasteiger partial charge in [-0.2, -0.15) is 0 Å². The van der Waals surface area contributed by atoms with Crippen molar-refractivity contribution in [3.8, 4) is 33.9 Å². The zero-order valence-electron chi connectivity index (χ0n) is 20.0. The van der Waals surface area contributed by atoms with Crippen LogP contribution in [0, 0.1) is 0 Å². The van der Waals surface area contributed by atoms with Gasteiger partial charge in [0.1, 0.15) is 5.41 Å². The molecule has 0 aliphatic heterocycles. The number of rotatable bonds is 4. The summed E-state index contributed by atoms with van der Waals surface area (Å²) in [6.07, 6.45) is 3.61. The van der Waals surface area contributed by atoms with E-state index in [-0.39, 0.29) is 0 Å². The first-order valence-corrected chi connectivity index (χ1v) is 12.3. The Bertz CT molecular complexity index is 1600. The van der Waals surface area contributed by atoms with Gasteiger partial charge in [0.2, 0.25) is 0 Å². The fourth-order valence-electron chi connectivity index (χ4n) is 5.52. The topological polar surface area (TPSA) is 51.6 Å². The van der Waals surface area contributed by atoms with Crippen LogP contribution in [0.25, 0.3) is 33.9 Å². The van der Waals surface area contributed by atoms with Crippen LogP contribution in [-0.4, -0.2) is 19.9 Å². The van der Waals surface area contributed by atoms with E-state index in [1.807, 2.05) is 48.5 Å². The van der Waals surface area contributed by atoms with E-state index in [1.54, 1.807) is 12.4 Å². The van der Waals surface area contributed by atoms with E-state index in [0.717, 1.165) is 34.2 Å². The highest BCUT2D eigenvalue weighted by molar-refractivity contribution is 5.85. The molecule has 174 valence electrons. The number of hydrogen-bond acceptors (Lipinski definition) is 4. The van der Waals surface area contributed by atoms with Gasteiger partial charge >= 0.3 is 0 Å². The fourth-order valence-corrected chi connectivity index (χ4v) is 5.52. The van der Waals surface area contributed by atoms with Crippen molar-refractivity contribution >= 4 is 0 Å². The van der Waals surface area contributed by atoms with E-state index in [0.29, 0.717) is 0 Å². The van der Waals surface area contributed by atoms with Gasteiger partial charge in [-0.05, 0) is 70.8 Å². The normalized spacial score (nSPS) is 13.1. The van der Waals surface area contributed by atoms with Crippen molar-refractivity contribution in [1.82, 2.24) is 19.9 Å². The van der Waals surface area contributed by atoms with Crippen molar-refractivity contribution in [2.45, 2.75) is 5.41 Å². The summed E-state index contributed by atoms with van der Waals surface area (Å²) in [5.41, 5.74) is 9.24. The molecule has 4 heterocycles. The van der Waals surface area contributed by atoms with Crippen molar-refractivity contribution < 1.29 is 0 Å². The molecule has 37 heavy (non-hydrogen) atoms. The lowest BCUT2D eigenvalue weighted by Crippen LogP contribution is -2.31. The van der Waals surface area contributed by atoms with Crippen LogP contribution in [0.5, 0.6) is 0 Å². The number of pyridine rings is 4. The third kappa shape index (κ3) is 3.30. The fraction of sp³-hybridized carbons (Fsp3) is 0.0303. The second-order valence-corrected chi connectivity index (χ2v) is 9.09. The predicted octanol–water partition coefficient (Wildman–Crippen LogP) is 6.96. The van der Waals surface area contributed by atoms with Gasteiger partial charge in [-0.3, -0.25) is 9.97 Å². The number of hydrogen-bond donors (Lipinski definition) is 0. The van der Waals surface area contributed by atoms with E-state index in [4.69, 9.17) is 9.97 Å². The molecule has 0 radical (unpaired) electrons. The molecule has 0 amide bonds. The molecule has 6 aromatic rings. The zero-order chi connectivity index (χ0) is 24.7. The summed E-state index contributed by atoms with van der Waals surface area (Å²) < 4.78 is 0. The smallest absolute Gasteiger partial charge is 0.106 e. The Morgan fingerprint density at radius 1 is 0.378 bits per heavy atom. The molecule has 0 spiro atoms. The van der Waals surface area contributed by atoms with Crippen LogP contribution >= 0.6 is 0 Å². The number of nitrogens with zero attached hydrogens (tertiary/aromatic N) is 4. The van der Waals surface area contributed by atoms with Crippen molar-refractivity contribution in [2.75, 3.05) is 0 Å². The van der Waals surface area contributed by atoms with E-state index < -0.39 is 5.41 Å². The minimum Gasteiger partial charge on any atom is -0.255 e. The molecule has 0 fully saturated rings. The Labute approximate surface area is 215 Å². The van der Waals surface area contributed by atoms with Gasteiger partial charge < -0.3 is 0 Å². The molecule has 0 bridgehead atoms. The van der Waals surface area contributed by atoms with E-state index in [9.17, 15) is 0 Å². The van der Waals surface area contributed by atoms with Crippen LogP contribution in [0.4, 0.5) is 0 Å². The van der Waals surface area contributed by atoms with Crippen molar-refractivity contribution in [3.05, 3.63) is 156 Å². The highest BCUT2D eigenvalue weighted by Gasteiger charge is 2.48. The third-order valence-electron chi connectivity index (χ3n) is 7.07. The van der Waals surface area contributed by atoms with Crippen molar-refractivity contribution in [3.63, 3.8) is 0 Å². The van der Waals surface area contributed by atoms with Crippen LogP contribution in [0.3, 0.4) is 0 Å². The highest BCUT2D eigenvalue weighted by Crippen LogP contribution is 2.55. The summed E-state index contributed by atoms with van der Waals surface area (Å²) in [6, 6.07) is 41.4. The molecule has 0 N–H and O–H groups in total. The molecule has 2 aromatic carbocycles. The quantitative estimate of drug-likeness (QED) is 0.277. The van der Waals surface area contributed by atoms with Gasteiger partial charge in [0, 0.05) is 12.4 Å². The SMILES string of the molecule is c1ccc(-c2cccc(C3(c4cccc(-c5ccccn5)n4)c4ccccc4-c4ccccc43)n2)nc1. The minimum atomic E-state index is -0.692. The Kier molecular flexibility index (Phi) is 4.96. The Hall–Kier alpha value is -4.96. The summed E-state index contributed by atoms with van der Waals surface area (Å²) in [5, 5.41) is 0. The first-order chi connectivity index (χ1) is 18.4. The van der Waals surface area contributed by atoms with E-state index in [2.05, 4.69) is 82.8 Å². The van der Waals surface area contributed by atoms with Crippen molar-refractivity contribution in [1.29, 1.82) is 0 Å². The molecular weight excluding hydrogens is 452 g/mol. The predicted molar refractivity (Wildman–Crippen MR) is 146 cm³/mol. The Morgan fingerprint density at radius 2 is 0.811 bits per heavy atom. The first-order valence-electron chi connectivity index (χ1n) is 12.3. The molecule has 0 unspecified atom stereocenters. The molecule has 4 nitrogen and oxygen atoms in total. The Balaban J connectivity index is 1.56. The minimum absolute atomic E-state index is 0.692. The van der Waals surface area contributed by atoms with Crippen LogP contribution in [-0.2, 0) is 5.41 Å². The van der Waals surface area contributed by atoms with E-state index in [1.165, 1.54) is 22.3 Å². The summed E-state index contributed by atoms with van der Waals surface area (Å²) in [4.78, 5) is 19.6. The molecule has 0 atom stereocenters. The molecule has 1 aliphatic rings. The lowest BCUT2D eigenvalue weighted by molar-refractivity contribution is 0.707. The maximum absolute atomic E-state index is 5.26. The second-order valence-electron chi connectivity index (χ2n) is 9.09. The molecule has 7 rings (SSSR count). The summed E-state index contributed by atoms with van der Waals surface area (Å²) in [6.45, 7) is 0. The van der Waals surface area contributed by atoms with Gasteiger partial charge in [0.05, 0.1) is 34.2 Å². The lowest BCUT2D eigenvalue weighted by atomic mass is 9.72. The maximum atomic E-state index is 5.26. The van der Waals surface area contributed by atoms with Crippen LogP contribution < -0.4 is 0 Å². The number of benzene rings is 2. The molecule has 0 saturated heterocycles. The molecule has 0 saturated carbocycles. The van der Waals surface area contributed by atoms with Gasteiger partial charge in [-0.25, -0.2) is 9.97 Å². The number of aromatic nitrogens is 4. The summed E-state index contributed by atoms with van der Waals surface area (Å²) >= 11 is 0. The highest BCUT2D eigenvalue weighted by atomic mass is 14.8. The van der Waals surface area contributed by atoms with Crippen molar-refractivity contribution in [2.24, 2.45) is 0 Å². The van der Waals surface area contributed by atoms with Crippen LogP contribution in [0.1, 0.15) is 22.5 Å². The summed E-state index contributed by atoms with van der Waals surface area (Å²) in [5.74, 6) is 0. The average Bonchev–Trinajstić information content (AvgIpc) is 3.30. The molecule has 4 heteroatoms. The lowest BCUT2D eigenvalue weighted by Gasteiger charge is -2.32. The zero-order valence-corrected chi connectivity index (χ0v) is 20.0. The molecule has 4 aromatic heterocycles. The average molecular weight is 475 g/mol. The third-order valence-corrected chi connectivity index (χ3v) is 7.07. The monoisotopic (exact) mass is 474 g/mol. The van der Waals surface area contributed by atoms with E-state index >= 15 is 0 Å². The Morgan fingerprint density at radius 3 is 1.27 bits per heavy atom. The molecular formula is C33H22N4. The standard InChI is InChI=1S/C33H22N4/c1-3-13-25-23(11-1)24-12-2-4-14-26(24)33(25,31-19-9-17-29(36-31)27-15-5-7-21-34-27)32-20-10-18-30(37-32)28-16-6-8-22-35-28/h1-22H. The van der Waals surface area contributed by atoms with Gasteiger partial charge in [0.25, 0.3) is 0 Å². The number of fused-ring (bicyclic) bond motifs is 3. The first kappa shape index (κ1) is 21.3. The molecule has 1 aliphatic carbocycles. The van der Waals surface area contributed by atoms with Crippen LogP contribution in [0.15, 0.2) is 134 Å². The summed E-state index contributed by atoms with van der Waals surface area (Å²) in [7, 11) is 0. The second kappa shape index (κ2) is 8.61. The van der Waals surface area contributed by atoms with Gasteiger partial charge in [0.15, 0.2) is 0 Å². The van der Waals surface area contributed by atoms with Crippen LogP contribution in [0.2, 0.25) is 0 Å². The largest absolute Gasteiger partial charge is 0.255 e. The van der Waals surface area contributed by atoms with Gasteiger partial charge in [-0.1, -0.05) is 72.8 Å².